The van der Waals surface area contributed by atoms with Gasteiger partial charge >= 0.3 is 0 Å². The van der Waals surface area contributed by atoms with Crippen molar-refractivity contribution in [3.63, 3.8) is 0 Å². The summed E-state index contributed by atoms with van der Waals surface area (Å²) in [6.07, 6.45) is 1.03. The summed E-state index contributed by atoms with van der Waals surface area (Å²) in [6, 6.07) is 14.0. The van der Waals surface area contributed by atoms with Crippen LogP contribution in [0.4, 0.5) is 4.39 Å². The molecule has 7 nitrogen and oxygen atoms in total. The minimum Gasteiger partial charge on any atom is -0.494 e. The van der Waals surface area contributed by atoms with Gasteiger partial charge in [0.25, 0.3) is 11.5 Å². The molecule has 0 radical (unpaired) electrons. The predicted octanol–water partition coefficient (Wildman–Crippen LogP) is 2.56. The van der Waals surface area contributed by atoms with Gasteiger partial charge in [0.2, 0.25) is 5.88 Å². The highest BCUT2D eigenvalue weighted by Crippen LogP contribution is 2.14. The van der Waals surface area contributed by atoms with E-state index in [4.69, 9.17) is 12.2 Å². The van der Waals surface area contributed by atoms with Crippen molar-refractivity contribution in [1.29, 1.82) is 0 Å². The first kappa shape index (κ1) is 19.2. The third-order valence-corrected chi connectivity index (χ3v) is 4.18. The van der Waals surface area contributed by atoms with Crippen molar-refractivity contribution in [3.05, 3.63) is 92.2 Å². The Bertz CT molecular complexity index is 1140. The smallest absolute Gasteiger partial charge is 0.271 e. The molecule has 9 heteroatoms. The highest BCUT2D eigenvalue weighted by atomic mass is 32.1. The molecule has 0 saturated carbocycles. The van der Waals surface area contributed by atoms with Gasteiger partial charge in [0.15, 0.2) is 4.77 Å². The van der Waals surface area contributed by atoms with Crippen LogP contribution in [0, 0.1) is 10.6 Å². The number of nitrogens with one attached hydrogen (secondary N) is 2. The zero-order valence-corrected chi connectivity index (χ0v) is 15.2. The first-order valence-electron chi connectivity index (χ1n) is 8.14. The molecule has 0 aliphatic heterocycles. The second-order valence-electron chi connectivity index (χ2n) is 5.77. The number of rotatable bonds is 5. The third kappa shape index (κ3) is 4.38. The zero-order chi connectivity index (χ0) is 20.1. The fourth-order valence-electron chi connectivity index (χ4n) is 2.42. The Kier molecular flexibility index (Phi) is 5.75. The van der Waals surface area contributed by atoms with Gasteiger partial charge in [-0.15, -0.1) is 0 Å². The molecule has 1 aromatic heterocycles. The van der Waals surface area contributed by atoms with Crippen molar-refractivity contribution in [3.8, 4) is 5.88 Å². The number of halogens is 1. The van der Waals surface area contributed by atoms with Crippen molar-refractivity contribution >= 4 is 24.3 Å². The molecule has 28 heavy (non-hydrogen) atoms. The fraction of sp³-hybridized carbons (Fsp3) is 0.0526. The number of aromatic amines is 1. The number of hydrazone groups is 1. The van der Waals surface area contributed by atoms with E-state index in [-0.39, 0.29) is 22.7 Å². The lowest BCUT2D eigenvalue weighted by Crippen LogP contribution is -2.21. The van der Waals surface area contributed by atoms with E-state index in [9.17, 15) is 19.1 Å². The summed E-state index contributed by atoms with van der Waals surface area (Å²) in [4.78, 5) is 26.5. The van der Waals surface area contributed by atoms with Crippen LogP contribution in [0.3, 0.4) is 0 Å². The van der Waals surface area contributed by atoms with Gasteiger partial charge in [-0.05, 0) is 42.0 Å². The Morgan fingerprint density at radius 1 is 1.21 bits per heavy atom. The van der Waals surface area contributed by atoms with Crippen molar-refractivity contribution in [2.45, 2.75) is 6.54 Å². The lowest BCUT2D eigenvalue weighted by Gasteiger charge is -2.11. The van der Waals surface area contributed by atoms with Gasteiger partial charge in [-0.25, -0.2) is 9.82 Å². The summed E-state index contributed by atoms with van der Waals surface area (Å²) >= 11 is 5.09. The number of hydrogen-bond acceptors (Lipinski definition) is 5. The first-order chi connectivity index (χ1) is 13.5. The molecule has 142 valence electrons. The molecule has 0 saturated heterocycles. The van der Waals surface area contributed by atoms with Crippen molar-refractivity contribution < 1.29 is 14.3 Å². The Labute approximate surface area is 163 Å². The lowest BCUT2D eigenvalue weighted by molar-refractivity contribution is 0.0955. The van der Waals surface area contributed by atoms with Gasteiger partial charge in [0.05, 0.1) is 12.8 Å². The molecule has 3 N–H and O–H groups in total. The van der Waals surface area contributed by atoms with E-state index in [1.165, 1.54) is 28.8 Å². The number of aromatic hydroxyl groups is 1. The van der Waals surface area contributed by atoms with Gasteiger partial charge in [-0.3, -0.25) is 19.1 Å². The van der Waals surface area contributed by atoms with Crippen LogP contribution in [0.5, 0.6) is 5.88 Å². The molecule has 0 aliphatic rings. The Hall–Kier alpha value is -3.59. The van der Waals surface area contributed by atoms with Crippen LogP contribution in [0.1, 0.15) is 21.5 Å². The van der Waals surface area contributed by atoms with E-state index in [1.807, 2.05) is 0 Å². The molecule has 0 atom stereocenters. The standard InChI is InChI=1S/C19H15FN4O3S/c20-14-8-6-12(7-9-14)11-24-18(27)15(17(26)22-19(24)28)10-21-23-16(25)13-4-2-1-3-5-13/h1-10,27H,11H2,(H,23,25)(H,22,26,28)/b21-10+. The van der Waals surface area contributed by atoms with Crippen molar-refractivity contribution in [2.24, 2.45) is 5.10 Å². The second-order valence-corrected chi connectivity index (χ2v) is 6.16. The topological polar surface area (TPSA) is 99.5 Å². The van der Waals surface area contributed by atoms with Crippen LogP contribution in [0.15, 0.2) is 64.5 Å². The quantitative estimate of drug-likeness (QED) is 0.349. The van der Waals surface area contributed by atoms with E-state index in [1.54, 1.807) is 30.3 Å². The highest BCUT2D eigenvalue weighted by molar-refractivity contribution is 7.71. The average Bonchev–Trinajstić information content (AvgIpc) is 2.69. The molecule has 2 aromatic carbocycles. The van der Waals surface area contributed by atoms with Crippen LogP contribution in [-0.2, 0) is 6.54 Å². The third-order valence-electron chi connectivity index (χ3n) is 3.86. The van der Waals surface area contributed by atoms with Crippen LogP contribution < -0.4 is 11.0 Å². The first-order valence-corrected chi connectivity index (χ1v) is 8.55. The number of amides is 1. The zero-order valence-electron chi connectivity index (χ0n) is 14.4. The van der Waals surface area contributed by atoms with Gasteiger partial charge < -0.3 is 5.11 Å². The molecule has 0 spiro atoms. The lowest BCUT2D eigenvalue weighted by atomic mass is 10.2. The molecule has 1 amide bonds. The highest BCUT2D eigenvalue weighted by Gasteiger charge is 2.12. The average molecular weight is 398 g/mol. The summed E-state index contributed by atoms with van der Waals surface area (Å²) in [7, 11) is 0. The molecule has 0 aliphatic carbocycles. The number of hydrogen-bond donors (Lipinski definition) is 3. The van der Waals surface area contributed by atoms with Crippen molar-refractivity contribution in [2.75, 3.05) is 0 Å². The van der Waals surface area contributed by atoms with E-state index >= 15 is 0 Å². The second kappa shape index (κ2) is 8.40. The van der Waals surface area contributed by atoms with Gasteiger partial charge in [-0.1, -0.05) is 30.3 Å². The minimum atomic E-state index is -0.657. The minimum absolute atomic E-state index is 0.00250. The maximum Gasteiger partial charge on any atom is 0.271 e. The van der Waals surface area contributed by atoms with Crippen LogP contribution in [0.2, 0.25) is 0 Å². The molecule has 3 rings (SSSR count). The summed E-state index contributed by atoms with van der Waals surface area (Å²) in [5.74, 6) is -1.28. The number of aromatic nitrogens is 2. The maximum atomic E-state index is 13.1. The molecule has 0 fully saturated rings. The van der Waals surface area contributed by atoms with E-state index in [0.29, 0.717) is 11.1 Å². The van der Waals surface area contributed by atoms with Gasteiger partial charge in [0, 0.05) is 5.56 Å². The fourth-order valence-corrected chi connectivity index (χ4v) is 2.66. The molecular weight excluding hydrogens is 383 g/mol. The molecular formula is C19H15FN4O3S. The van der Waals surface area contributed by atoms with Crippen LogP contribution in [0.25, 0.3) is 0 Å². The number of H-pyrrole nitrogens is 1. The van der Waals surface area contributed by atoms with Crippen LogP contribution >= 0.6 is 12.2 Å². The number of nitrogens with zero attached hydrogens (tertiary/aromatic N) is 2. The molecule has 0 unspecified atom stereocenters. The maximum absolute atomic E-state index is 13.1. The summed E-state index contributed by atoms with van der Waals surface area (Å²) < 4.78 is 14.3. The number of carbonyl (C=O) groups excluding carboxylic acids is 1. The van der Waals surface area contributed by atoms with Crippen molar-refractivity contribution in [1.82, 2.24) is 15.0 Å². The largest absolute Gasteiger partial charge is 0.494 e. The Balaban J connectivity index is 1.85. The van der Waals surface area contributed by atoms with E-state index in [2.05, 4.69) is 15.5 Å². The summed E-state index contributed by atoms with van der Waals surface area (Å²) in [6.45, 7) is 0.110. The molecule has 3 aromatic rings. The predicted molar refractivity (Wildman–Crippen MR) is 105 cm³/mol. The van der Waals surface area contributed by atoms with Gasteiger partial charge in [0.1, 0.15) is 11.4 Å². The molecule has 0 bridgehead atoms. The SMILES string of the molecule is O=C(N/N=C/c1c(O)n(Cc2ccc(F)cc2)c(=S)[nH]c1=O)c1ccccc1. The summed E-state index contributed by atoms with van der Waals surface area (Å²) in [5, 5.41) is 14.2. The Morgan fingerprint density at radius 3 is 2.57 bits per heavy atom. The monoisotopic (exact) mass is 398 g/mol. The Morgan fingerprint density at radius 2 is 1.89 bits per heavy atom. The van der Waals surface area contributed by atoms with E-state index in [0.717, 1.165) is 6.21 Å². The summed E-state index contributed by atoms with van der Waals surface area (Å²) in [5.41, 5.74) is 2.51. The molecule has 1 heterocycles. The van der Waals surface area contributed by atoms with E-state index < -0.39 is 17.3 Å². The normalized spacial score (nSPS) is 10.9. The number of benzene rings is 2. The number of carbonyl (C=O) groups is 1. The van der Waals surface area contributed by atoms with Crippen LogP contribution in [-0.4, -0.2) is 26.8 Å². The van der Waals surface area contributed by atoms with Gasteiger partial charge in [-0.2, -0.15) is 5.10 Å².